The Morgan fingerprint density at radius 3 is 2.10 bits per heavy atom. The van der Waals surface area contributed by atoms with Gasteiger partial charge in [-0.05, 0) is 84.5 Å². The molecule has 1 aliphatic rings. The van der Waals surface area contributed by atoms with Crippen LogP contribution in [-0.4, -0.2) is 11.8 Å². The molecule has 0 aliphatic heterocycles. The maximum absolute atomic E-state index is 12.4. The number of hydrogen-bond acceptors (Lipinski definition) is 3. The monoisotopic (exact) mass is 386 g/mol. The highest BCUT2D eigenvalue weighted by Crippen LogP contribution is 2.23. The number of hydrogen-bond donors (Lipinski definition) is 2. The van der Waals surface area contributed by atoms with Crippen molar-refractivity contribution < 1.29 is 14.3 Å². The maximum atomic E-state index is 12.4. The molecule has 29 heavy (non-hydrogen) atoms. The largest absolute Gasteiger partial charge is 0.457 e. The second-order valence-electron chi connectivity index (χ2n) is 7.15. The van der Waals surface area contributed by atoms with Gasteiger partial charge >= 0.3 is 0 Å². The average Bonchev–Trinajstić information content (AvgIpc) is 3.21. The summed E-state index contributed by atoms with van der Waals surface area (Å²) in [6, 6.07) is 20.0. The van der Waals surface area contributed by atoms with Gasteiger partial charge in [-0.1, -0.05) is 18.2 Å². The van der Waals surface area contributed by atoms with Gasteiger partial charge in [-0.3, -0.25) is 9.59 Å². The van der Waals surface area contributed by atoms with Crippen molar-refractivity contribution in [1.29, 1.82) is 0 Å². The Morgan fingerprint density at radius 2 is 1.45 bits per heavy atom. The molecule has 0 atom stereocenters. The second kappa shape index (κ2) is 8.19. The van der Waals surface area contributed by atoms with Crippen molar-refractivity contribution in [1.82, 2.24) is 5.32 Å². The lowest BCUT2D eigenvalue weighted by molar-refractivity contribution is 0.0949. The molecule has 0 heterocycles. The Hall–Kier alpha value is -3.60. The number of amides is 2. The van der Waals surface area contributed by atoms with Crippen LogP contribution in [0.25, 0.3) is 0 Å². The van der Waals surface area contributed by atoms with Crippen LogP contribution in [0.4, 0.5) is 0 Å². The van der Waals surface area contributed by atoms with Crippen LogP contribution in [0.2, 0.25) is 0 Å². The molecule has 3 N–H and O–H groups in total. The van der Waals surface area contributed by atoms with Crippen LogP contribution in [-0.2, 0) is 19.4 Å². The highest BCUT2D eigenvalue weighted by atomic mass is 16.5. The van der Waals surface area contributed by atoms with E-state index in [0.717, 1.165) is 18.4 Å². The lowest BCUT2D eigenvalue weighted by atomic mass is 10.1. The van der Waals surface area contributed by atoms with Gasteiger partial charge < -0.3 is 15.8 Å². The van der Waals surface area contributed by atoms with E-state index in [1.165, 1.54) is 17.5 Å². The molecule has 1 aliphatic carbocycles. The standard InChI is InChI=1S/C24H22N2O3/c25-23(27)18-6-10-21(11-7-18)29-22-12-8-19(9-13-22)24(28)26-15-16-4-5-17-2-1-3-20(17)14-16/h4-14H,1-3,15H2,(H2,25,27)(H,26,28). The van der Waals surface area contributed by atoms with E-state index in [2.05, 4.69) is 23.5 Å². The third kappa shape index (κ3) is 4.46. The third-order valence-electron chi connectivity index (χ3n) is 5.11. The Bertz CT molecular complexity index is 1040. The summed E-state index contributed by atoms with van der Waals surface area (Å²) in [5, 5.41) is 2.97. The Morgan fingerprint density at radius 1 is 0.828 bits per heavy atom. The minimum Gasteiger partial charge on any atom is -0.457 e. The first-order valence-corrected chi connectivity index (χ1v) is 9.65. The van der Waals surface area contributed by atoms with Crippen LogP contribution in [0.3, 0.4) is 0 Å². The van der Waals surface area contributed by atoms with Crippen LogP contribution in [0.15, 0.2) is 66.7 Å². The van der Waals surface area contributed by atoms with Crippen molar-refractivity contribution in [2.24, 2.45) is 5.73 Å². The molecule has 0 saturated carbocycles. The quantitative estimate of drug-likeness (QED) is 0.672. The van der Waals surface area contributed by atoms with Crippen LogP contribution in [0.5, 0.6) is 11.5 Å². The third-order valence-corrected chi connectivity index (χ3v) is 5.11. The highest BCUT2D eigenvalue weighted by Gasteiger charge is 2.12. The SMILES string of the molecule is NC(=O)c1ccc(Oc2ccc(C(=O)NCc3ccc4c(c3)CCC4)cc2)cc1. The number of nitrogens with one attached hydrogen (secondary N) is 1. The first-order chi connectivity index (χ1) is 14.1. The summed E-state index contributed by atoms with van der Waals surface area (Å²) >= 11 is 0. The molecule has 0 saturated heterocycles. The van der Waals surface area contributed by atoms with E-state index in [0.29, 0.717) is 29.2 Å². The first-order valence-electron chi connectivity index (χ1n) is 9.65. The van der Waals surface area contributed by atoms with Gasteiger partial charge in [0.15, 0.2) is 0 Å². The molecule has 0 unspecified atom stereocenters. The summed E-state index contributed by atoms with van der Waals surface area (Å²) in [6.45, 7) is 0.510. The van der Waals surface area contributed by atoms with Crippen molar-refractivity contribution in [2.45, 2.75) is 25.8 Å². The fraction of sp³-hybridized carbons (Fsp3) is 0.167. The van der Waals surface area contributed by atoms with Crippen LogP contribution in [0.1, 0.15) is 43.8 Å². The van der Waals surface area contributed by atoms with Crippen LogP contribution < -0.4 is 15.8 Å². The van der Waals surface area contributed by atoms with E-state index in [1.807, 2.05) is 0 Å². The molecule has 5 nitrogen and oxygen atoms in total. The number of rotatable bonds is 6. The number of primary amides is 1. The summed E-state index contributed by atoms with van der Waals surface area (Å²) in [5.41, 5.74) is 10.2. The van der Waals surface area contributed by atoms with Gasteiger partial charge in [0.25, 0.3) is 5.91 Å². The van der Waals surface area contributed by atoms with Gasteiger partial charge in [-0.25, -0.2) is 0 Å². The maximum Gasteiger partial charge on any atom is 0.251 e. The summed E-state index contributed by atoms with van der Waals surface area (Å²) in [7, 11) is 0. The highest BCUT2D eigenvalue weighted by molar-refractivity contribution is 5.94. The zero-order chi connectivity index (χ0) is 20.2. The van der Waals surface area contributed by atoms with Gasteiger partial charge in [0.05, 0.1) is 0 Å². The molecule has 5 heteroatoms. The van der Waals surface area contributed by atoms with Gasteiger partial charge in [0.2, 0.25) is 5.91 Å². The molecular weight excluding hydrogens is 364 g/mol. The van der Waals surface area contributed by atoms with E-state index < -0.39 is 5.91 Å². The Balaban J connectivity index is 1.34. The normalized spacial score (nSPS) is 12.3. The number of carbonyl (C=O) groups excluding carboxylic acids is 2. The van der Waals surface area contributed by atoms with E-state index in [-0.39, 0.29) is 5.91 Å². The van der Waals surface area contributed by atoms with Crippen LogP contribution in [0, 0.1) is 0 Å². The van der Waals surface area contributed by atoms with E-state index >= 15 is 0 Å². The van der Waals surface area contributed by atoms with Crippen molar-refractivity contribution in [3.05, 3.63) is 94.5 Å². The van der Waals surface area contributed by atoms with Gasteiger partial charge in [0.1, 0.15) is 11.5 Å². The number of nitrogens with two attached hydrogens (primary N) is 1. The summed E-state index contributed by atoms with van der Waals surface area (Å²) in [4.78, 5) is 23.5. The number of benzene rings is 3. The lowest BCUT2D eigenvalue weighted by Gasteiger charge is -2.09. The number of aryl methyl sites for hydroxylation is 2. The molecule has 0 spiro atoms. The van der Waals surface area contributed by atoms with Crippen molar-refractivity contribution in [3.8, 4) is 11.5 Å². The van der Waals surface area contributed by atoms with E-state index in [4.69, 9.17) is 10.5 Å². The minimum atomic E-state index is -0.480. The van der Waals surface area contributed by atoms with Gasteiger partial charge in [0, 0.05) is 17.7 Å². The summed E-state index contributed by atoms with van der Waals surface area (Å²) in [5.74, 6) is 0.588. The fourth-order valence-corrected chi connectivity index (χ4v) is 3.52. The molecule has 0 bridgehead atoms. The smallest absolute Gasteiger partial charge is 0.251 e. The number of carbonyl (C=O) groups is 2. The van der Waals surface area contributed by atoms with E-state index in [1.54, 1.807) is 48.5 Å². The number of fused-ring (bicyclic) bond motifs is 1. The Labute approximate surface area is 169 Å². The fourth-order valence-electron chi connectivity index (χ4n) is 3.52. The minimum absolute atomic E-state index is 0.122. The van der Waals surface area contributed by atoms with Crippen molar-refractivity contribution in [2.75, 3.05) is 0 Å². The molecule has 0 fully saturated rings. The molecule has 0 radical (unpaired) electrons. The van der Waals surface area contributed by atoms with Gasteiger partial charge in [-0.2, -0.15) is 0 Å². The van der Waals surface area contributed by atoms with Crippen LogP contribution >= 0.6 is 0 Å². The van der Waals surface area contributed by atoms with E-state index in [9.17, 15) is 9.59 Å². The lowest BCUT2D eigenvalue weighted by Crippen LogP contribution is -2.22. The number of ether oxygens (including phenoxy) is 1. The molecule has 3 aromatic rings. The predicted molar refractivity (Wildman–Crippen MR) is 111 cm³/mol. The summed E-state index contributed by atoms with van der Waals surface area (Å²) < 4.78 is 5.74. The molecule has 146 valence electrons. The van der Waals surface area contributed by atoms with Crippen molar-refractivity contribution >= 4 is 11.8 Å². The van der Waals surface area contributed by atoms with Crippen molar-refractivity contribution in [3.63, 3.8) is 0 Å². The topological polar surface area (TPSA) is 81.4 Å². The zero-order valence-electron chi connectivity index (χ0n) is 16.0. The molecular formula is C24H22N2O3. The molecule has 4 rings (SSSR count). The molecule has 3 aromatic carbocycles. The first kappa shape index (κ1) is 18.7. The summed E-state index contributed by atoms with van der Waals surface area (Å²) in [6.07, 6.45) is 3.50. The van der Waals surface area contributed by atoms with Gasteiger partial charge in [-0.15, -0.1) is 0 Å². The zero-order valence-corrected chi connectivity index (χ0v) is 16.0. The average molecular weight is 386 g/mol. The molecule has 2 amide bonds. The Kier molecular flexibility index (Phi) is 5.29. The molecule has 0 aromatic heterocycles. The predicted octanol–water partition coefficient (Wildman–Crippen LogP) is 4.00. The second-order valence-corrected chi connectivity index (χ2v) is 7.15.